The maximum atomic E-state index is 10.7. The zero-order valence-corrected chi connectivity index (χ0v) is 21.4. The Morgan fingerprint density at radius 3 is 1.93 bits per heavy atom. The number of fused-ring (bicyclic) bond motifs is 5. The summed E-state index contributed by atoms with van der Waals surface area (Å²) in [5.74, 6) is -0.184. The van der Waals surface area contributed by atoms with Crippen molar-refractivity contribution >= 4 is 0 Å². The first-order valence-corrected chi connectivity index (χ1v) is 12.6. The molecule has 10 heteroatoms. The topological polar surface area (TPSA) is 169 Å². The molecule has 1 unspecified atom stereocenters. The van der Waals surface area contributed by atoms with E-state index in [-0.39, 0.29) is 51.7 Å². The first kappa shape index (κ1) is 26.5. The summed E-state index contributed by atoms with van der Waals surface area (Å²) in [6, 6.07) is 14.7. The number of aromatic hydroxyl groups is 7. The number of phenols is 7. The normalized spacial score (nSPS) is 16.8. The Morgan fingerprint density at radius 2 is 1.30 bits per heavy atom. The van der Waals surface area contributed by atoms with Crippen LogP contribution in [0.25, 0.3) is 11.1 Å². The van der Waals surface area contributed by atoms with E-state index in [2.05, 4.69) is 0 Å². The molecule has 0 spiro atoms. The summed E-state index contributed by atoms with van der Waals surface area (Å²) < 4.78 is 18.2. The molecule has 0 aliphatic carbocycles. The Labute approximate surface area is 229 Å². The lowest BCUT2D eigenvalue weighted by molar-refractivity contribution is 0.00657. The van der Waals surface area contributed by atoms with E-state index in [4.69, 9.17) is 24.4 Å². The van der Waals surface area contributed by atoms with Gasteiger partial charge in [0.25, 0.3) is 0 Å². The highest BCUT2D eigenvalue weighted by atomic mass is 16.7. The predicted octanol–water partition coefficient (Wildman–Crippen LogP) is 5.55. The fraction of sp³-hybridized carbons (Fsp3) is 0.200. The van der Waals surface area contributed by atoms with Crippen molar-refractivity contribution in [2.75, 3.05) is 0 Å². The van der Waals surface area contributed by atoms with E-state index in [1.165, 1.54) is 42.5 Å². The quantitative estimate of drug-likeness (QED) is 0.158. The summed E-state index contributed by atoms with van der Waals surface area (Å²) in [5.41, 5.74) is 1.91. The Balaban J connectivity index is 0.000000348. The van der Waals surface area contributed by atoms with E-state index in [0.29, 0.717) is 47.3 Å². The van der Waals surface area contributed by atoms with Crippen LogP contribution in [0, 0.1) is 0 Å². The second-order valence-corrected chi connectivity index (χ2v) is 9.37. The van der Waals surface area contributed by atoms with Crippen LogP contribution in [0.15, 0.2) is 60.7 Å². The summed E-state index contributed by atoms with van der Waals surface area (Å²) in [4.78, 5) is 0. The third-order valence-electron chi connectivity index (χ3n) is 6.66. The molecule has 4 aromatic carbocycles. The van der Waals surface area contributed by atoms with Crippen molar-refractivity contribution in [3.05, 3.63) is 71.8 Å². The van der Waals surface area contributed by atoms with Crippen LogP contribution in [0.2, 0.25) is 0 Å². The molecular weight excluding hydrogens is 520 g/mol. The summed E-state index contributed by atoms with van der Waals surface area (Å²) in [7, 11) is 0. The van der Waals surface area contributed by atoms with Gasteiger partial charge >= 0.3 is 0 Å². The molecular formula is C30H28O10. The fourth-order valence-electron chi connectivity index (χ4n) is 4.68. The molecule has 2 atom stereocenters. The summed E-state index contributed by atoms with van der Waals surface area (Å²) >= 11 is 0. The van der Waals surface area contributed by atoms with Gasteiger partial charge in [-0.15, -0.1) is 0 Å². The number of phenolic OH excluding ortho intramolecular Hbond substituents is 7. The monoisotopic (exact) mass is 548 g/mol. The number of para-hydroxylation sites is 2. The Morgan fingerprint density at radius 1 is 0.650 bits per heavy atom. The van der Waals surface area contributed by atoms with Crippen LogP contribution in [0.1, 0.15) is 37.0 Å². The molecule has 0 saturated heterocycles. The largest absolute Gasteiger partial charge is 0.508 e. The molecule has 4 aromatic rings. The number of ether oxygens (including phenoxy) is 3. The summed E-state index contributed by atoms with van der Waals surface area (Å²) in [6.07, 6.45) is 0.277. The molecule has 0 bridgehead atoms. The van der Waals surface area contributed by atoms with Gasteiger partial charge in [0.05, 0.1) is 11.1 Å². The number of hydrogen-bond donors (Lipinski definition) is 7. The SMILES string of the molecule is CC[C@H]1Oc2cc(O)cc(O)c2-c2c(cc(O)c3c2OC(c2ccc(O)c(O)c2)CC3)O1.Oc1ccccc1O. The lowest BCUT2D eigenvalue weighted by Gasteiger charge is -2.30. The third kappa shape index (κ3) is 4.98. The van der Waals surface area contributed by atoms with Crippen LogP contribution in [-0.4, -0.2) is 42.0 Å². The first-order valence-electron chi connectivity index (χ1n) is 12.6. The highest BCUT2D eigenvalue weighted by Crippen LogP contribution is 2.56. The van der Waals surface area contributed by atoms with Crippen molar-refractivity contribution < 1.29 is 50.0 Å². The third-order valence-corrected chi connectivity index (χ3v) is 6.66. The average Bonchev–Trinajstić information content (AvgIpc) is 3.08. The molecule has 2 heterocycles. The second kappa shape index (κ2) is 10.6. The molecule has 0 fully saturated rings. The van der Waals surface area contributed by atoms with Crippen LogP contribution in [0.4, 0.5) is 0 Å². The predicted molar refractivity (Wildman–Crippen MR) is 143 cm³/mol. The van der Waals surface area contributed by atoms with Crippen LogP contribution >= 0.6 is 0 Å². The van der Waals surface area contributed by atoms with Crippen LogP contribution in [0.3, 0.4) is 0 Å². The van der Waals surface area contributed by atoms with Crippen molar-refractivity contribution in [1.29, 1.82) is 0 Å². The number of hydrogen-bond acceptors (Lipinski definition) is 10. The van der Waals surface area contributed by atoms with E-state index in [1.807, 2.05) is 6.92 Å². The molecule has 6 rings (SSSR count). The second-order valence-electron chi connectivity index (χ2n) is 9.37. The lowest BCUT2D eigenvalue weighted by atomic mass is 9.91. The van der Waals surface area contributed by atoms with Gasteiger partial charge in [0.2, 0.25) is 6.29 Å². The van der Waals surface area contributed by atoms with E-state index in [0.717, 1.165) is 0 Å². The molecule has 40 heavy (non-hydrogen) atoms. The summed E-state index contributed by atoms with van der Waals surface area (Å²) in [5, 5.41) is 68.3. The number of benzene rings is 4. The Hall–Kier alpha value is -5.12. The van der Waals surface area contributed by atoms with E-state index < -0.39 is 12.4 Å². The number of rotatable bonds is 2. The van der Waals surface area contributed by atoms with Gasteiger partial charge in [-0.25, -0.2) is 0 Å². The Bertz CT molecular complexity index is 1540. The van der Waals surface area contributed by atoms with E-state index >= 15 is 0 Å². The molecule has 2 aliphatic rings. The molecule has 2 aliphatic heterocycles. The molecule has 0 radical (unpaired) electrons. The fourth-order valence-corrected chi connectivity index (χ4v) is 4.68. The van der Waals surface area contributed by atoms with Crippen LogP contribution < -0.4 is 14.2 Å². The molecule has 10 nitrogen and oxygen atoms in total. The van der Waals surface area contributed by atoms with Crippen molar-refractivity contribution in [3.8, 4) is 68.6 Å². The van der Waals surface area contributed by atoms with E-state index in [1.54, 1.807) is 18.2 Å². The van der Waals surface area contributed by atoms with Crippen LogP contribution in [-0.2, 0) is 6.42 Å². The van der Waals surface area contributed by atoms with Crippen molar-refractivity contribution in [1.82, 2.24) is 0 Å². The van der Waals surface area contributed by atoms with Gasteiger partial charge in [-0.2, -0.15) is 0 Å². The minimum absolute atomic E-state index is 0.00215. The minimum Gasteiger partial charge on any atom is -0.508 e. The van der Waals surface area contributed by atoms with Gasteiger partial charge in [0, 0.05) is 30.2 Å². The highest BCUT2D eigenvalue weighted by molar-refractivity contribution is 5.88. The zero-order chi connectivity index (χ0) is 28.6. The molecule has 208 valence electrons. The van der Waals surface area contributed by atoms with Gasteiger partial charge in [-0.1, -0.05) is 25.1 Å². The zero-order valence-electron chi connectivity index (χ0n) is 21.4. The highest BCUT2D eigenvalue weighted by Gasteiger charge is 2.35. The van der Waals surface area contributed by atoms with Crippen molar-refractivity contribution in [2.45, 2.75) is 38.6 Å². The van der Waals surface area contributed by atoms with Gasteiger partial charge in [0.15, 0.2) is 23.0 Å². The summed E-state index contributed by atoms with van der Waals surface area (Å²) in [6.45, 7) is 1.86. The molecule has 0 saturated carbocycles. The first-order chi connectivity index (χ1) is 19.2. The maximum absolute atomic E-state index is 10.7. The molecule has 0 aromatic heterocycles. The van der Waals surface area contributed by atoms with Gasteiger partial charge in [0.1, 0.15) is 40.6 Å². The molecule has 7 N–H and O–H groups in total. The smallest absolute Gasteiger partial charge is 0.240 e. The van der Waals surface area contributed by atoms with Crippen LogP contribution in [0.5, 0.6) is 57.5 Å². The van der Waals surface area contributed by atoms with Gasteiger partial charge in [-0.3, -0.25) is 0 Å². The maximum Gasteiger partial charge on any atom is 0.240 e. The van der Waals surface area contributed by atoms with Crippen molar-refractivity contribution in [2.24, 2.45) is 0 Å². The Kier molecular flexibility index (Phi) is 7.00. The van der Waals surface area contributed by atoms with E-state index in [9.17, 15) is 25.5 Å². The molecule has 0 amide bonds. The average molecular weight is 549 g/mol. The lowest BCUT2D eigenvalue weighted by Crippen LogP contribution is -2.22. The van der Waals surface area contributed by atoms with Gasteiger partial charge < -0.3 is 50.0 Å². The van der Waals surface area contributed by atoms with Crippen molar-refractivity contribution in [3.63, 3.8) is 0 Å². The van der Waals surface area contributed by atoms with Gasteiger partial charge in [-0.05, 0) is 42.7 Å². The minimum atomic E-state index is -0.706. The standard InChI is InChI=1S/C24H22O8.C6H6O2/c1-2-21-30-19-9-12(25)8-17(29)22(19)23-20(31-21)10-15(27)13-4-6-18(32-24(13)23)11-3-5-14(26)16(28)7-11;7-5-3-1-2-4-6(5)8/h3,5,7-10,18,21,25-29H,2,4,6H2,1H3;1-4,7-8H/t18?,21-;/m0./s1.